The van der Waals surface area contributed by atoms with E-state index in [4.69, 9.17) is 4.74 Å². The van der Waals surface area contributed by atoms with Gasteiger partial charge in [-0.25, -0.2) is 0 Å². The molecule has 0 bridgehead atoms. The summed E-state index contributed by atoms with van der Waals surface area (Å²) in [4.78, 5) is 26.2. The van der Waals surface area contributed by atoms with Crippen molar-refractivity contribution in [2.75, 3.05) is 18.4 Å². The van der Waals surface area contributed by atoms with Crippen molar-refractivity contribution in [3.63, 3.8) is 0 Å². The Morgan fingerprint density at radius 3 is 2.45 bits per heavy atom. The number of nitrogens with one attached hydrogen (secondary N) is 1. The van der Waals surface area contributed by atoms with E-state index in [1.54, 1.807) is 24.3 Å². The van der Waals surface area contributed by atoms with Crippen molar-refractivity contribution in [3.8, 4) is 16.9 Å². The topological polar surface area (TPSA) is 58.6 Å². The third kappa shape index (κ3) is 4.40. The first-order valence-electron chi connectivity index (χ1n) is 11.3. The van der Waals surface area contributed by atoms with Crippen LogP contribution < -0.4 is 10.1 Å². The van der Waals surface area contributed by atoms with Crippen molar-refractivity contribution in [2.24, 2.45) is 0 Å². The molecule has 0 unspecified atom stereocenters. The van der Waals surface area contributed by atoms with Crippen LogP contribution in [0.15, 0.2) is 78.9 Å². The van der Waals surface area contributed by atoms with Crippen LogP contribution in [0.5, 0.6) is 5.75 Å². The van der Waals surface area contributed by atoms with Gasteiger partial charge in [0.1, 0.15) is 11.4 Å². The molecule has 1 spiro atoms. The number of carbonyl (C=O) groups is 2. The van der Waals surface area contributed by atoms with Crippen LogP contribution in [0, 0.1) is 0 Å². The zero-order valence-corrected chi connectivity index (χ0v) is 18.6. The standard InChI is InChI=1S/C28H26N2O3/c1-20(31)29-25-9-5-8-24(19-25)27(32)30-16-14-28(15-17-30)13-12-23-18-22(10-11-26(23)33-28)21-6-3-2-4-7-21/h2-13,18-19H,14-17H2,1H3,(H,29,31). The molecule has 0 radical (unpaired) electrons. The molecule has 1 fully saturated rings. The van der Waals surface area contributed by atoms with Crippen molar-refractivity contribution in [3.05, 3.63) is 90.0 Å². The molecule has 2 aliphatic rings. The highest BCUT2D eigenvalue weighted by Crippen LogP contribution is 2.39. The first-order valence-corrected chi connectivity index (χ1v) is 11.3. The normalized spacial score (nSPS) is 16.1. The molecule has 0 atom stereocenters. The SMILES string of the molecule is CC(=O)Nc1cccc(C(=O)N2CCC3(C=Cc4cc(-c5ccccc5)ccc4O3)CC2)c1. The Kier molecular flexibility index (Phi) is 5.47. The molecule has 1 N–H and O–H groups in total. The summed E-state index contributed by atoms with van der Waals surface area (Å²) in [5.41, 5.74) is 4.26. The first kappa shape index (κ1) is 21.0. The number of hydrogen-bond donors (Lipinski definition) is 1. The minimum absolute atomic E-state index is 0.0234. The molecule has 3 aromatic carbocycles. The van der Waals surface area contributed by atoms with Crippen LogP contribution in [0.4, 0.5) is 5.69 Å². The number of nitrogens with zero attached hydrogens (tertiary/aromatic N) is 1. The van der Waals surface area contributed by atoms with Crippen LogP contribution in [0.2, 0.25) is 0 Å². The average Bonchev–Trinajstić information content (AvgIpc) is 2.84. The van der Waals surface area contributed by atoms with Gasteiger partial charge in [0.15, 0.2) is 0 Å². The number of fused-ring (bicyclic) bond motifs is 1. The van der Waals surface area contributed by atoms with Gasteiger partial charge < -0.3 is 15.0 Å². The van der Waals surface area contributed by atoms with Crippen molar-refractivity contribution >= 4 is 23.6 Å². The molecule has 5 rings (SSSR count). The van der Waals surface area contributed by atoms with Crippen molar-refractivity contribution in [2.45, 2.75) is 25.4 Å². The molecular formula is C28H26N2O3. The number of carbonyl (C=O) groups excluding carboxylic acids is 2. The molecule has 1 saturated heterocycles. The number of ether oxygens (including phenoxy) is 1. The van der Waals surface area contributed by atoms with E-state index < -0.39 is 0 Å². The van der Waals surface area contributed by atoms with Crippen LogP contribution in [0.25, 0.3) is 17.2 Å². The summed E-state index contributed by atoms with van der Waals surface area (Å²) in [6.45, 7) is 2.69. The van der Waals surface area contributed by atoms with Gasteiger partial charge in [0.05, 0.1) is 0 Å². The first-order chi connectivity index (χ1) is 16.0. The molecule has 33 heavy (non-hydrogen) atoms. The number of benzene rings is 3. The number of likely N-dealkylation sites (tertiary alicyclic amines) is 1. The summed E-state index contributed by atoms with van der Waals surface area (Å²) in [6, 6.07) is 23.7. The van der Waals surface area contributed by atoms with Crippen molar-refractivity contribution in [1.82, 2.24) is 4.90 Å². The van der Waals surface area contributed by atoms with Gasteiger partial charge in [-0.05, 0) is 47.5 Å². The van der Waals surface area contributed by atoms with E-state index in [2.05, 4.69) is 41.7 Å². The van der Waals surface area contributed by atoms with Crippen LogP contribution in [-0.2, 0) is 4.79 Å². The predicted molar refractivity (Wildman–Crippen MR) is 130 cm³/mol. The van der Waals surface area contributed by atoms with E-state index in [-0.39, 0.29) is 17.4 Å². The van der Waals surface area contributed by atoms with E-state index in [1.165, 1.54) is 18.1 Å². The molecule has 3 aromatic rings. The lowest BCUT2D eigenvalue weighted by molar-refractivity contribution is -0.114. The van der Waals surface area contributed by atoms with Crippen LogP contribution in [0.3, 0.4) is 0 Å². The van der Waals surface area contributed by atoms with Gasteiger partial charge in [0, 0.05) is 49.7 Å². The molecule has 2 aliphatic heterocycles. The molecule has 0 aliphatic carbocycles. The predicted octanol–water partition coefficient (Wildman–Crippen LogP) is 5.39. The maximum atomic E-state index is 13.0. The Morgan fingerprint density at radius 2 is 1.70 bits per heavy atom. The highest BCUT2D eigenvalue weighted by molar-refractivity contribution is 5.97. The summed E-state index contributed by atoms with van der Waals surface area (Å²) >= 11 is 0. The monoisotopic (exact) mass is 438 g/mol. The second-order valence-corrected chi connectivity index (χ2v) is 8.67. The van der Waals surface area contributed by atoms with Gasteiger partial charge in [0.25, 0.3) is 5.91 Å². The number of piperidine rings is 1. The summed E-state index contributed by atoms with van der Waals surface area (Å²) in [7, 11) is 0. The maximum Gasteiger partial charge on any atom is 0.253 e. The molecule has 5 heteroatoms. The Labute approximate surface area is 193 Å². The van der Waals surface area contributed by atoms with Crippen LogP contribution in [0.1, 0.15) is 35.7 Å². The Bertz CT molecular complexity index is 1220. The molecular weight excluding hydrogens is 412 g/mol. The summed E-state index contributed by atoms with van der Waals surface area (Å²) in [6.07, 6.45) is 5.78. The van der Waals surface area contributed by atoms with Gasteiger partial charge in [-0.2, -0.15) is 0 Å². The van der Waals surface area contributed by atoms with E-state index in [0.717, 1.165) is 24.2 Å². The second kappa shape index (κ2) is 8.58. The highest BCUT2D eigenvalue weighted by atomic mass is 16.5. The number of hydrogen-bond acceptors (Lipinski definition) is 3. The second-order valence-electron chi connectivity index (χ2n) is 8.67. The number of anilines is 1. The summed E-state index contributed by atoms with van der Waals surface area (Å²) < 4.78 is 6.48. The Hall–Kier alpha value is -3.86. The fourth-order valence-corrected chi connectivity index (χ4v) is 4.55. The minimum Gasteiger partial charge on any atom is -0.482 e. The summed E-state index contributed by atoms with van der Waals surface area (Å²) in [5.74, 6) is 0.710. The summed E-state index contributed by atoms with van der Waals surface area (Å²) in [5, 5.41) is 2.73. The van der Waals surface area contributed by atoms with Crippen LogP contribution >= 0.6 is 0 Å². The zero-order chi connectivity index (χ0) is 22.8. The smallest absolute Gasteiger partial charge is 0.253 e. The molecule has 2 amide bonds. The lowest BCUT2D eigenvalue weighted by Crippen LogP contribution is -2.49. The quantitative estimate of drug-likeness (QED) is 0.596. The van der Waals surface area contributed by atoms with Gasteiger partial charge >= 0.3 is 0 Å². The van der Waals surface area contributed by atoms with Gasteiger partial charge in [0.2, 0.25) is 5.91 Å². The molecule has 2 heterocycles. The average molecular weight is 439 g/mol. The van der Waals surface area contributed by atoms with E-state index in [9.17, 15) is 9.59 Å². The van der Waals surface area contributed by atoms with Gasteiger partial charge in [-0.3, -0.25) is 9.59 Å². The number of amides is 2. The van der Waals surface area contributed by atoms with Gasteiger partial charge in [-0.15, -0.1) is 0 Å². The van der Waals surface area contributed by atoms with Crippen molar-refractivity contribution < 1.29 is 14.3 Å². The molecule has 0 aromatic heterocycles. The maximum absolute atomic E-state index is 13.0. The molecule has 5 nitrogen and oxygen atoms in total. The number of rotatable bonds is 3. The van der Waals surface area contributed by atoms with E-state index in [1.807, 2.05) is 29.2 Å². The third-order valence-electron chi connectivity index (χ3n) is 6.32. The fourth-order valence-electron chi connectivity index (χ4n) is 4.55. The third-order valence-corrected chi connectivity index (χ3v) is 6.32. The van der Waals surface area contributed by atoms with Gasteiger partial charge in [-0.1, -0.05) is 48.5 Å². The largest absolute Gasteiger partial charge is 0.482 e. The van der Waals surface area contributed by atoms with Crippen molar-refractivity contribution in [1.29, 1.82) is 0 Å². The fraction of sp³-hybridized carbons (Fsp3) is 0.214. The van der Waals surface area contributed by atoms with E-state index >= 15 is 0 Å². The lowest BCUT2D eigenvalue weighted by Gasteiger charge is -2.42. The Morgan fingerprint density at radius 1 is 0.909 bits per heavy atom. The highest BCUT2D eigenvalue weighted by Gasteiger charge is 2.38. The zero-order valence-electron chi connectivity index (χ0n) is 18.6. The Balaban J connectivity index is 1.27. The van der Waals surface area contributed by atoms with E-state index in [0.29, 0.717) is 24.3 Å². The van der Waals surface area contributed by atoms with Crippen LogP contribution in [-0.4, -0.2) is 35.4 Å². The lowest BCUT2D eigenvalue weighted by atomic mass is 9.87. The minimum atomic E-state index is -0.379. The molecule has 166 valence electrons. The molecule has 0 saturated carbocycles.